The number of carbonyl (C=O) groups excluding carboxylic acids is 2. The molecule has 0 aromatic carbocycles. The highest BCUT2D eigenvalue weighted by Crippen LogP contribution is 2.43. The zero-order chi connectivity index (χ0) is 20.8. The molecule has 4 fully saturated rings. The van der Waals surface area contributed by atoms with Gasteiger partial charge in [0.1, 0.15) is 11.9 Å². The molecule has 8 heteroatoms. The lowest BCUT2D eigenvalue weighted by atomic mass is 9.71. The average molecular weight is 414 g/mol. The van der Waals surface area contributed by atoms with Gasteiger partial charge in [0.15, 0.2) is 0 Å². The van der Waals surface area contributed by atoms with Crippen molar-refractivity contribution < 1.29 is 14.3 Å². The van der Waals surface area contributed by atoms with E-state index in [2.05, 4.69) is 9.88 Å². The number of morpholine rings is 1. The molecule has 5 heterocycles. The third kappa shape index (κ3) is 3.35. The SMILES string of the molecule is Cc1cnc(C)c(N2C[C@H]3C[C@@H](C2)[C@H](C(=O)N2CCOCC2)N2C(=O)CCC[C@@H]32)n1. The van der Waals surface area contributed by atoms with Gasteiger partial charge in [0, 0.05) is 50.8 Å². The Kier molecular flexibility index (Phi) is 5.13. The van der Waals surface area contributed by atoms with E-state index in [4.69, 9.17) is 9.72 Å². The van der Waals surface area contributed by atoms with Crippen molar-refractivity contribution in [3.63, 3.8) is 0 Å². The van der Waals surface area contributed by atoms with Crippen LogP contribution in [0, 0.1) is 25.7 Å². The smallest absolute Gasteiger partial charge is 0.245 e. The summed E-state index contributed by atoms with van der Waals surface area (Å²) in [7, 11) is 0. The van der Waals surface area contributed by atoms with Gasteiger partial charge in [-0.1, -0.05) is 0 Å². The average Bonchev–Trinajstić information content (AvgIpc) is 2.76. The lowest BCUT2D eigenvalue weighted by Crippen LogP contribution is -2.69. The molecule has 0 aliphatic carbocycles. The predicted molar refractivity (Wildman–Crippen MR) is 111 cm³/mol. The molecule has 1 aromatic heterocycles. The fourth-order valence-electron chi connectivity index (χ4n) is 5.94. The normalized spacial score (nSPS) is 31.5. The van der Waals surface area contributed by atoms with Crippen LogP contribution < -0.4 is 4.90 Å². The lowest BCUT2D eigenvalue weighted by molar-refractivity contribution is -0.163. The van der Waals surface area contributed by atoms with Crippen molar-refractivity contribution in [1.82, 2.24) is 19.8 Å². The summed E-state index contributed by atoms with van der Waals surface area (Å²) in [5.74, 6) is 1.70. The first kappa shape index (κ1) is 19.7. The first-order valence-electron chi connectivity index (χ1n) is 11.3. The molecule has 0 spiro atoms. The first-order chi connectivity index (χ1) is 14.5. The third-order valence-corrected chi connectivity index (χ3v) is 7.27. The van der Waals surface area contributed by atoms with Crippen LogP contribution in [0.3, 0.4) is 0 Å². The summed E-state index contributed by atoms with van der Waals surface area (Å²) in [6.07, 6.45) is 5.28. The lowest BCUT2D eigenvalue weighted by Gasteiger charge is -2.56. The van der Waals surface area contributed by atoms with Crippen LogP contribution in [-0.2, 0) is 14.3 Å². The maximum Gasteiger partial charge on any atom is 0.245 e. The summed E-state index contributed by atoms with van der Waals surface area (Å²) >= 11 is 0. The molecule has 0 radical (unpaired) electrons. The highest BCUT2D eigenvalue weighted by molar-refractivity contribution is 5.89. The number of aromatic nitrogens is 2. The molecule has 4 aliphatic rings. The number of carbonyl (C=O) groups is 2. The van der Waals surface area contributed by atoms with Crippen LogP contribution in [0.2, 0.25) is 0 Å². The van der Waals surface area contributed by atoms with Gasteiger partial charge in [-0.15, -0.1) is 0 Å². The molecular formula is C22H31N5O3. The van der Waals surface area contributed by atoms with Gasteiger partial charge in [-0.25, -0.2) is 4.98 Å². The Morgan fingerprint density at radius 1 is 1.17 bits per heavy atom. The Bertz CT molecular complexity index is 840. The van der Waals surface area contributed by atoms with Gasteiger partial charge in [0.05, 0.1) is 24.6 Å². The number of rotatable bonds is 2. The maximum atomic E-state index is 13.6. The summed E-state index contributed by atoms with van der Waals surface area (Å²) in [6.45, 7) is 7.97. The monoisotopic (exact) mass is 413 g/mol. The summed E-state index contributed by atoms with van der Waals surface area (Å²) < 4.78 is 5.45. The zero-order valence-corrected chi connectivity index (χ0v) is 17.9. The van der Waals surface area contributed by atoms with Crippen molar-refractivity contribution in [1.29, 1.82) is 0 Å². The minimum Gasteiger partial charge on any atom is -0.378 e. The van der Waals surface area contributed by atoms with Gasteiger partial charge in [-0.05, 0) is 39.0 Å². The molecule has 4 aliphatic heterocycles. The van der Waals surface area contributed by atoms with Crippen LogP contribution in [-0.4, -0.2) is 83.1 Å². The molecule has 8 nitrogen and oxygen atoms in total. The van der Waals surface area contributed by atoms with Crippen LogP contribution in [0.15, 0.2) is 6.20 Å². The number of nitrogens with zero attached hydrogens (tertiary/aromatic N) is 5. The van der Waals surface area contributed by atoms with E-state index in [0.29, 0.717) is 38.6 Å². The number of ether oxygens (including phenoxy) is 1. The van der Waals surface area contributed by atoms with E-state index in [1.807, 2.05) is 23.6 Å². The summed E-state index contributed by atoms with van der Waals surface area (Å²) in [5, 5.41) is 0. The highest BCUT2D eigenvalue weighted by Gasteiger charge is 2.53. The Hall–Kier alpha value is -2.22. The van der Waals surface area contributed by atoms with E-state index >= 15 is 0 Å². The Morgan fingerprint density at radius 3 is 2.73 bits per heavy atom. The fourth-order valence-corrected chi connectivity index (χ4v) is 5.94. The van der Waals surface area contributed by atoms with E-state index in [0.717, 1.165) is 49.6 Å². The first-order valence-corrected chi connectivity index (χ1v) is 11.3. The third-order valence-electron chi connectivity index (χ3n) is 7.27. The summed E-state index contributed by atoms with van der Waals surface area (Å²) in [4.78, 5) is 42.2. The van der Waals surface area contributed by atoms with Crippen molar-refractivity contribution in [2.45, 2.75) is 51.6 Å². The number of hydrogen-bond acceptors (Lipinski definition) is 6. The molecule has 1 aromatic rings. The standard InChI is InChI=1S/C22H31N5O3/c1-14-11-23-15(2)21(24-14)26-12-16-10-17(13-26)20(22(29)25-6-8-30-9-7-25)27-18(16)4-3-5-19(27)28/h11,16-18,20H,3-10,12-13H2,1-2H3/t16-,17+,18+,20-/m1/s1. The van der Waals surface area contributed by atoms with Crippen molar-refractivity contribution in [2.24, 2.45) is 11.8 Å². The number of hydrogen-bond donors (Lipinski definition) is 0. The topological polar surface area (TPSA) is 78.9 Å². The summed E-state index contributed by atoms with van der Waals surface area (Å²) in [5.41, 5.74) is 1.83. The van der Waals surface area contributed by atoms with Crippen LogP contribution in [0.4, 0.5) is 5.82 Å². The molecule has 2 bridgehead atoms. The zero-order valence-electron chi connectivity index (χ0n) is 17.9. The van der Waals surface area contributed by atoms with E-state index in [1.165, 1.54) is 0 Å². The second kappa shape index (κ2) is 7.80. The van der Waals surface area contributed by atoms with Gasteiger partial charge in [-0.2, -0.15) is 0 Å². The molecule has 30 heavy (non-hydrogen) atoms. The van der Waals surface area contributed by atoms with E-state index in [-0.39, 0.29) is 29.8 Å². The second-order valence-corrected chi connectivity index (χ2v) is 9.22. The van der Waals surface area contributed by atoms with Crippen molar-refractivity contribution >= 4 is 17.6 Å². The van der Waals surface area contributed by atoms with Gasteiger partial charge in [0.2, 0.25) is 11.8 Å². The molecule has 2 amide bonds. The second-order valence-electron chi connectivity index (χ2n) is 9.22. The number of piperidine rings is 3. The highest BCUT2D eigenvalue weighted by atomic mass is 16.5. The van der Waals surface area contributed by atoms with Gasteiger partial charge >= 0.3 is 0 Å². The largest absolute Gasteiger partial charge is 0.378 e. The van der Waals surface area contributed by atoms with Crippen molar-refractivity contribution in [2.75, 3.05) is 44.3 Å². The number of anilines is 1. The molecule has 0 saturated carbocycles. The van der Waals surface area contributed by atoms with E-state index < -0.39 is 0 Å². The van der Waals surface area contributed by atoms with Gasteiger partial charge < -0.3 is 19.4 Å². The molecule has 0 N–H and O–H groups in total. The molecule has 5 rings (SSSR count). The Morgan fingerprint density at radius 2 is 1.93 bits per heavy atom. The summed E-state index contributed by atoms with van der Waals surface area (Å²) in [6, 6.07) is -0.212. The van der Waals surface area contributed by atoms with E-state index in [1.54, 1.807) is 6.20 Å². The molecule has 4 atom stereocenters. The van der Waals surface area contributed by atoms with Crippen molar-refractivity contribution in [3.8, 4) is 0 Å². The predicted octanol–water partition coefficient (Wildman–Crippen LogP) is 1.16. The Balaban J connectivity index is 1.48. The van der Waals surface area contributed by atoms with Crippen LogP contribution in [0.1, 0.15) is 37.1 Å². The van der Waals surface area contributed by atoms with Gasteiger partial charge in [0.25, 0.3) is 0 Å². The maximum absolute atomic E-state index is 13.6. The number of aryl methyl sites for hydroxylation is 2. The number of amides is 2. The van der Waals surface area contributed by atoms with Crippen LogP contribution in [0.5, 0.6) is 0 Å². The molecular weight excluding hydrogens is 382 g/mol. The minimum absolute atomic E-state index is 0.107. The quantitative estimate of drug-likeness (QED) is 0.724. The number of fused-ring (bicyclic) bond motifs is 4. The van der Waals surface area contributed by atoms with Crippen LogP contribution >= 0.6 is 0 Å². The molecule has 162 valence electrons. The molecule has 0 unspecified atom stereocenters. The Labute approximate surface area is 177 Å². The van der Waals surface area contributed by atoms with E-state index in [9.17, 15) is 9.59 Å². The minimum atomic E-state index is -0.363. The van der Waals surface area contributed by atoms with Crippen molar-refractivity contribution in [3.05, 3.63) is 17.6 Å². The molecule has 4 saturated heterocycles. The van der Waals surface area contributed by atoms with Gasteiger partial charge in [-0.3, -0.25) is 14.6 Å². The fraction of sp³-hybridized carbons (Fsp3) is 0.727. The van der Waals surface area contributed by atoms with Crippen LogP contribution in [0.25, 0.3) is 0 Å².